The molecule has 1 aliphatic rings. The molecule has 0 fully saturated rings. The number of anilines is 1. The van der Waals surface area contributed by atoms with Gasteiger partial charge in [0, 0.05) is 5.69 Å². The summed E-state index contributed by atoms with van der Waals surface area (Å²) in [5.41, 5.74) is 2.98. The summed E-state index contributed by atoms with van der Waals surface area (Å²) in [5, 5.41) is 9.06. The molecule has 0 spiro atoms. The number of carboxylic acid groups (broad SMARTS) is 1. The minimum Gasteiger partial charge on any atom is -0.496 e. The van der Waals surface area contributed by atoms with Crippen molar-refractivity contribution in [1.29, 1.82) is 0 Å². The van der Waals surface area contributed by atoms with E-state index < -0.39 is 11.9 Å². The molecule has 2 aromatic carbocycles. The van der Waals surface area contributed by atoms with Gasteiger partial charge in [0.2, 0.25) is 0 Å². The minimum absolute atomic E-state index is 0.100. The summed E-state index contributed by atoms with van der Waals surface area (Å²) < 4.78 is 5.28. The lowest BCUT2D eigenvalue weighted by molar-refractivity contribution is -0.138. The van der Waals surface area contributed by atoms with Crippen molar-refractivity contribution >= 4 is 17.6 Å². The molecule has 0 bridgehead atoms. The van der Waals surface area contributed by atoms with Crippen LogP contribution in [0.25, 0.3) is 0 Å². The minimum atomic E-state index is -0.868. The number of aliphatic carboxylic acids is 1. The lowest BCUT2D eigenvalue weighted by atomic mass is 10.0. The number of benzene rings is 2. The SMILES string of the molecule is COc1cccc2c1C(=O)N(c1ccc(C(C)C(=O)O)cc1)C2. The number of nitrogens with zero attached hydrogens (tertiary/aromatic N) is 1. The summed E-state index contributed by atoms with van der Waals surface area (Å²) in [6, 6.07) is 12.6. The van der Waals surface area contributed by atoms with Crippen LogP contribution in [-0.2, 0) is 11.3 Å². The van der Waals surface area contributed by atoms with Crippen molar-refractivity contribution in [2.45, 2.75) is 19.4 Å². The summed E-state index contributed by atoms with van der Waals surface area (Å²) in [5.74, 6) is -0.967. The van der Waals surface area contributed by atoms with Gasteiger partial charge >= 0.3 is 5.97 Å². The fourth-order valence-corrected chi connectivity index (χ4v) is 2.79. The fourth-order valence-electron chi connectivity index (χ4n) is 2.79. The fraction of sp³-hybridized carbons (Fsp3) is 0.222. The number of methoxy groups -OCH3 is 1. The number of fused-ring (bicyclic) bond motifs is 1. The highest BCUT2D eigenvalue weighted by Gasteiger charge is 2.31. The van der Waals surface area contributed by atoms with Gasteiger partial charge in [0.1, 0.15) is 5.75 Å². The summed E-state index contributed by atoms with van der Waals surface area (Å²) in [4.78, 5) is 25.4. The molecule has 118 valence electrons. The van der Waals surface area contributed by atoms with E-state index in [1.54, 1.807) is 49.3 Å². The van der Waals surface area contributed by atoms with E-state index in [1.807, 2.05) is 12.1 Å². The van der Waals surface area contributed by atoms with Crippen LogP contribution < -0.4 is 9.64 Å². The zero-order chi connectivity index (χ0) is 16.6. The smallest absolute Gasteiger partial charge is 0.310 e. The molecular formula is C18H17NO4. The van der Waals surface area contributed by atoms with Crippen LogP contribution in [-0.4, -0.2) is 24.1 Å². The van der Waals surface area contributed by atoms with Gasteiger partial charge in [-0.05, 0) is 36.2 Å². The van der Waals surface area contributed by atoms with Crippen molar-refractivity contribution in [3.8, 4) is 5.75 Å². The molecule has 0 aromatic heterocycles. The molecule has 1 N–H and O–H groups in total. The number of rotatable bonds is 4. The van der Waals surface area contributed by atoms with Crippen LogP contribution in [0.2, 0.25) is 0 Å². The van der Waals surface area contributed by atoms with Gasteiger partial charge in [0.05, 0.1) is 25.1 Å². The molecule has 0 aliphatic carbocycles. The van der Waals surface area contributed by atoms with Crippen LogP contribution in [0, 0.1) is 0 Å². The first kappa shape index (κ1) is 15.1. The average Bonchev–Trinajstić information content (AvgIpc) is 2.91. The van der Waals surface area contributed by atoms with Gasteiger partial charge in [-0.25, -0.2) is 0 Å². The van der Waals surface area contributed by atoms with Crippen LogP contribution in [0.3, 0.4) is 0 Å². The second-order valence-electron chi connectivity index (χ2n) is 5.54. The second kappa shape index (κ2) is 5.76. The van der Waals surface area contributed by atoms with E-state index >= 15 is 0 Å². The van der Waals surface area contributed by atoms with Gasteiger partial charge in [-0.15, -0.1) is 0 Å². The normalized spacial score (nSPS) is 14.5. The summed E-state index contributed by atoms with van der Waals surface area (Å²) >= 11 is 0. The summed E-state index contributed by atoms with van der Waals surface area (Å²) in [6.07, 6.45) is 0. The Morgan fingerprint density at radius 3 is 2.52 bits per heavy atom. The maximum atomic E-state index is 12.7. The zero-order valence-electron chi connectivity index (χ0n) is 12.9. The second-order valence-corrected chi connectivity index (χ2v) is 5.54. The standard InChI is InChI=1S/C18H17NO4/c1-11(18(21)22)12-6-8-14(9-7-12)19-10-13-4-3-5-15(23-2)16(13)17(19)20/h3-9,11H,10H2,1-2H3,(H,21,22). The lowest BCUT2D eigenvalue weighted by Gasteiger charge is -2.17. The number of carbonyl (C=O) groups is 2. The Morgan fingerprint density at radius 1 is 1.22 bits per heavy atom. The molecule has 1 amide bonds. The monoisotopic (exact) mass is 311 g/mol. The Labute approximate surface area is 134 Å². The molecule has 5 heteroatoms. The first-order valence-corrected chi connectivity index (χ1v) is 7.33. The molecular weight excluding hydrogens is 294 g/mol. The Hall–Kier alpha value is -2.82. The Balaban J connectivity index is 1.90. The Kier molecular flexibility index (Phi) is 3.78. The molecule has 1 aliphatic heterocycles. The zero-order valence-corrected chi connectivity index (χ0v) is 12.9. The maximum absolute atomic E-state index is 12.7. The van der Waals surface area contributed by atoms with Crippen LogP contribution in [0.5, 0.6) is 5.75 Å². The number of hydrogen-bond donors (Lipinski definition) is 1. The number of amides is 1. The molecule has 0 radical (unpaired) electrons. The van der Waals surface area contributed by atoms with Crippen molar-refractivity contribution in [2.75, 3.05) is 12.0 Å². The molecule has 0 saturated carbocycles. The average molecular weight is 311 g/mol. The molecule has 1 atom stereocenters. The molecule has 1 unspecified atom stereocenters. The van der Waals surface area contributed by atoms with E-state index in [-0.39, 0.29) is 5.91 Å². The quantitative estimate of drug-likeness (QED) is 0.942. The highest BCUT2D eigenvalue weighted by Crippen LogP contribution is 2.34. The number of carboxylic acids is 1. The van der Waals surface area contributed by atoms with Crippen molar-refractivity contribution in [1.82, 2.24) is 0 Å². The topological polar surface area (TPSA) is 66.8 Å². The van der Waals surface area contributed by atoms with E-state index in [2.05, 4.69) is 0 Å². The molecule has 23 heavy (non-hydrogen) atoms. The van der Waals surface area contributed by atoms with Gasteiger partial charge in [-0.1, -0.05) is 24.3 Å². The van der Waals surface area contributed by atoms with Gasteiger partial charge in [0.15, 0.2) is 0 Å². The lowest BCUT2D eigenvalue weighted by Crippen LogP contribution is -2.23. The molecule has 5 nitrogen and oxygen atoms in total. The van der Waals surface area contributed by atoms with E-state index in [4.69, 9.17) is 9.84 Å². The van der Waals surface area contributed by atoms with E-state index in [0.717, 1.165) is 11.3 Å². The predicted molar refractivity (Wildman–Crippen MR) is 86.0 cm³/mol. The van der Waals surface area contributed by atoms with E-state index in [0.29, 0.717) is 23.4 Å². The van der Waals surface area contributed by atoms with Gasteiger partial charge in [-0.3, -0.25) is 9.59 Å². The van der Waals surface area contributed by atoms with Gasteiger partial charge < -0.3 is 14.7 Å². The number of ether oxygens (including phenoxy) is 1. The van der Waals surface area contributed by atoms with Gasteiger partial charge in [0.25, 0.3) is 5.91 Å². The molecule has 2 aromatic rings. The van der Waals surface area contributed by atoms with Crippen molar-refractivity contribution in [3.63, 3.8) is 0 Å². The van der Waals surface area contributed by atoms with Crippen LogP contribution in [0.4, 0.5) is 5.69 Å². The number of carbonyl (C=O) groups excluding carboxylic acids is 1. The first-order valence-electron chi connectivity index (χ1n) is 7.33. The number of hydrogen-bond acceptors (Lipinski definition) is 3. The Bertz CT molecular complexity index is 767. The van der Waals surface area contributed by atoms with Crippen molar-refractivity contribution < 1.29 is 19.4 Å². The predicted octanol–water partition coefficient (Wildman–Crippen LogP) is 3.04. The van der Waals surface area contributed by atoms with Crippen LogP contribution >= 0.6 is 0 Å². The molecule has 0 saturated heterocycles. The molecule has 3 rings (SSSR count). The van der Waals surface area contributed by atoms with Crippen molar-refractivity contribution in [3.05, 3.63) is 59.2 Å². The summed E-state index contributed by atoms with van der Waals surface area (Å²) in [7, 11) is 1.55. The largest absolute Gasteiger partial charge is 0.496 e. The van der Waals surface area contributed by atoms with Crippen LogP contribution in [0.1, 0.15) is 34.3 Å². The summed E-state index contributed by atoms with van der Waals surface area (Å²) in [6.45, 7) is 2.12. The third kappa shape index (κ3) is 2.54. The van der Waals surface area contributed by atoms with E-state index in [9.17, 15) is 9.59 Å². The third-order valence-corrected chi connectivity index (χ3v) is 4.20. The molecule has 1 heterocycles. The maximum Gasteiger partial charge on any atom is 0.310 e. The van der Waals surface area contributed by atoms with Crippen molar-refractivity contribution in [2.24, 2.45) is 0 Å². The third-order valence-electron chi connectivity index (χ3n) is 4.20. The van der Waals surface area contributed by atoms with Crippen LogP contribution in [0.15, 0.2) is 42.5 Å². The highest BCUT2D eigenvalue weighted by atomic mass is 16.5. The van der Waals surface area contributed by atoms with Gasteiger partial charge in [-0.2, -0.15) is 0 Å². The highest BCUT2D eigenvalue weighted by molar-refractivity contribution is 6.11. The first-order chi connectivity index (χ1) is 11.0. The Morgan fingerprint density at radius 2 is 1.91 bits per heavy atom. The van der Waals surface area contributed by atoms with E-state index in [1.165, 1.54) is 0 Å².